The van der Waals surface area contributed by atoms with E-state index in [1.807, 2.05) is 24.3 Å². The fraction of sp³-hybridized carbons (Fsp3) is 0.385. The lowest BCUT2D eigenvalue weighted by Gasteiger charge is -2.04. The minimum atomic E-state index is -0.325. The van der Waals surface area contributed by atoms with Crippen LogP contribution in [0.5, 0.6) is 0 Å². The van der Waals surface area contributed by atoms with Gasteiger partial charge < -0.3 is 15.8 Å². The van der Waals surface area contributed by atoms with Gasteiger partial charge in [0.1, 0.15) is 0 Å². The molecule has 0 aliphatic heterocycles. The van der Waals surface area contributed by atoms with Crippen LogP contribution in [0.15, 0.2) is 24.3 Å². The van der Waals surface area contributed by atoms with Gasteiger partial charge in [-0.2, -0.15) is 0 Å². The third kappa shape index (κ3) is 5.34. The number of esters is 1. The van der Waals surface area contributed by atoms with Crippen LogP contribution in [0, 0.1) is 0 Å². The summed E-state index contributed by atoms with van der Waals surface area (Å²) in [5.74, 6) is -0.399. The number of anilines is 1. The van der Waals surface area contributed by atoms with Crippen LogP contribution >= 0.6 is 0 Å². The van der Waals surface area contributed by atoms with Crippen molar-refractivity contribution in [3.05, 3.63) is 29.8 Å². The summed E-state index contributed by atoms with van der Waals surface area (Å²) in [5, 5.41) is 2.67. The van der Waals surface area contributed by atoms with Crippen LogP contribution in [0.1, 0.15) is 18.4 Å². The number of methoxy groups -OCH3 is 1. The first-order valence-electron chi connectivity index (χ1n) is 5.79. The summed E-state index contributed by atoms with van der Waals surface area (Å²) in [6.07, 6.45) is 1.25. The SMILES string of the molecule is COC(=O)CCNC(=O)CCc1ccc(N)cc1. The van der Waals surface area contributed by atoms with Crippen LogP contribution in [0.2, 0.25) is 0 Å². The molecule has 0 aliphatic carbocycles. The van der Waals surface area contributed by atoms with E-state index >= 15 is 0 Å². The zero-order valence-corrected chi connectivity index (χ0v) is 10.4. The fourth-order valence-electron chi connectivity index (χ4n) is 1.44. The van der Waals surface area contributed by atoms with E-state index in [1.165, 1.54) is 7.11 Å². The second-order valence-electron chi connectivity index (χ2n) is 3.92. The Hall–Kier alpha value is -2.04. The van der Waals surface area contributed by atoms with Crippen molar-refractivity contribution >= 4 is 17.6 Å². The summed E-state index contributed by atoms with van der Waals surface area (Å²) < 4.78 is 4.47. The number of hydrogen-bond acceptors (Lipinski definition) is 4. The molecule has 0 saturated heterocycles. The van der Waals surface area contributed by atoms with E-state index in [1.54, 1.807) is 0 Å². The first kappa shape index (κ1) is 14.0. The first-order valence-corrected chi connectivity index (χ1v) is 5.79. The zero-order chi connectivity index (χ0) is 13.4. The van der Waals surface area contributed by atoms with Gasteiger partial charge in [0.2, 0.25) is 5.91 Å². The number of rotatable bonds is 6. The van der Waals surface area contributed by atoms with Crippen LogP contribution in [0.25, 0.3) is 0 Å². The molecule has 0 heterocycles. The molecule has 0 unspecified atom stereocenters. The van der Waals surface area contributed by atoms with Crippen molar-refractivity contribution < 1.29 is 14.3 Å². The third-order valence-corrected chi connectivity index (χ3v) is 2.50. The van der Waals surface area contributed by atoms with E-state index in [0.29, 0.717) is 25.1 Å². The number of carbonyl (C=O) groups is 2. The summed E-state index contributed by atoms with van der Waals surface area (Å²) in [6.45, 7) is 0.313. The van der Waals surface area contributed by atoms with Gasteiger partial charge in [-0.25, -0.2) is 0 Å². The van der Waals surface area contributed by atoms with Crippen LogP contribution < -0.4 is 11.1 Å². The molecule has 0 fully saturated rings. The highest BCUT2D eigenvalue weighted by Crippen LogP contribution is 2.07. The standard InChI is InChI=1S/C13H18N2O3/c1-18-13(17)8-9-15-12(16)7-4-10-2-5-11(14)6-3-10/h2-3,5-6H,4,7-9,14H2,1H3,(H,15,16). The van der Waals surface area contributed by atoms with E-state index in [-0.39, 0.29) is 18.3 Å². The third-order valence-electron chi connectivity index (χ3n) is 2.50. The summed E-state index contributed by atoms with van der Waals surface area (Å²) in [5.41, 5.74) is 7.34. The molecule has 1 amide bonds. The average molecular weight is 250 g/mol. The second-order valence-corrected chi connectivity index (χ2v) is 3.92. The number of ether oxygens (including phenoxy) is 1. The molecule has 0 aromatic heterocycles. The summed E-state index contributed by atoms with van der Waals surface area (Å²) in [6, 6.07) is 7.42. The van der Waals surface area contributed by atoms with E-state index in [9.17, 15) is 9.59 Å². The Kier molecular flexibility index (Phi) is 5.70. The number of nitrogens with one attached hydrogen (secondary N) is 1. The average Bonchev–Trinajstić information content (AvgIpc) is 2.38. The van der Waals surface area contributed by atoms with E-state index in [0.717, 1.165) is 5.56 Å². The van der Waals surface area contributed by atoms with E-state index < -0.39 is 0 Å². The Balaban J connectivity index is 2.21. The van der Waals surface area contributed by atoms with Gasteiger partial charge in [0, 0.05) is 18.7 Å². The number of nitrogens with two attached hydrogens (primary N) is 1. The van der Waals surface area contributed by atoms with E-state index in [4.69, 9.17) is 5.73 Å². The van der Waals surface area contributed by atoms with Gasteiger partial charge in [0.05, 0.1) is 13.5 Å². The normalized spacial score (nSPS) is 9.83. The predicted octanol–water partition coefficient (Wildman–Crippen LogP) is 0.881. The number of benzene rings is 1. The number of carbonyl (C=O) groups excluding carboxylic acids is 2. The monoisotopic (exact) mass is 250 g/mol. The summed E-state index contributed by atoms with van der Waals surface area (Å²) >= 11 is 0. The van der Waals surface area contributed by atoms with Crippen molar-refractivity contribution in [2.45, 2.75) is 19.3 Å². The van der Waals surface area contributed by atoms with Crippen LogP contribution in [-0.2, 0) is 20.7 Å². The lowest BCUT2D eigenvalue weighted by molar-refractivity contribution is -0.140. The van der Waals surface area contributed by atoms with Crippen LogP contribution in [0.4, 0.5) is 5.69 Å². The highest BCUT2D eigenvalue weighted by atomic mass is 16.5. The number of aryl methyl sites for hydroxylation is 1. The largest absolute Gasteiger partial charge is 0.469 e. The molecule has 0 radical (unpaired) electrons. The zero-order valence-electron chi connectivity index (χ0n) is 10.4. The molecule has 0 bridgehead atoms. The number of amides is 1. The topological polar surface area (TPSA) is 81.4 Å². The first-order chi connectivity index (χ1) is 8.61. The molecular formula is C13H18N2O3. The molecule has 1 aromatic carbocycles. The van der Waals surface area contributed by atoms with Crippen LogP contribution in [-0.4, -0.2) is 25.5 Å². The smallest absolute Gasteiger partial charge is 0.307 e. The molecule has 3 N–H and O–H groups in total. The van der Waals surface area contributed by atoms with Gasteiger partial charge in [0.15, 0.2) is 0 Å². The van der Waals surface area contributed by atoms with Gasteiger partial charge in [-0.3, -0.25) is 9.59 Å². The molecule has 0 saturated carbocycles. The molecule has 0 spiro atoms. The Morgan fingerprint density at radius 1 is 1.22 bits per heavy atom. The predicted molar refractivity (Wildman–Crippen MR) is 68.8 cm³/mol. The van der Waals surface area contributed by atoms with Crippen molar-refractivity contribution in [3.8, 4) is 0 Å². The van der Waals surface area contributed by atoms with Crippen molar-refractivity contribution in [1.82, 2.24) is 5.32 Å². The van der Waals surface area contributed by atoms with Gasteiger partial charge in [-0.1, -0.05) is 12.1 Å². The second kappa shape index (κ2) is 7.32. The molecule has 18 heavy (non-hydrogen) atoms. The van der Waals surface area contributed by atoms with Gasteiger partial charge in [-0.05, 0) is 24.1 Å². The Morgan fingerprint density at radius 3 is 2.50 bits per heavy atom. The summed E-state index contributed by atoms with van der Waals surface area (Å²) in [7, 11) is 1.32. The van der Waals surface area contributed by atoms with Crippen molar-refractivity contribution in [2.24, 2.45) is 0 Å². The lowest BCUT2D eigenvalue weighted by atomic mass is 10.1. The van der Waals surface area contributed by atoms with Crippen LogP contribution in [0.3, 0.4) is 0 Å². The van der Waals surface area contributed by atoms with Crippen molar-refractivity contribution in [2.75, 3.05) is 19.4 Å². The maximum Gasteiger partial charge on any atom is 0.307 e. The Labute approximate surface area is 106 Å². The maximum absolute atomic E-state index is 11.5. The maximum atomic E-state index is 11.5. The minimum Gasteiger partial charge on any atom is -0.469 e. The van der Waals surface area contributed by atoms with Crippen molar-refractivity contribution in [1.29, 1.82) is 0 Å². The Morgan fingerprint density at radius 2 is 1.89 bits per heavy atom. The quantitative estimate of drug-likeness (QED) is 0.580. The molecule has 98 valence electrons. The number of nitrogen functional groups attached to an aromatic ring is 1. The van der Waals surface area contributed by atoms with Gasteiger partial charge in [-0.15, -0.1) is 0 Å². The fourth-order valence-corrected chi connectivity index (χ4v) is 1.44. The Bertz CT molecular complexity index is 401. The molecule has 0 aliphatic rings. The molecule has 5 nitrogen and oxygen atoms in total. The van der Waals surface area contributed by atoms with Gasteiger partial charge >= 0.3 is 5.97 Å². The van der Waals surface area contributed by atoms with E-state index in [2.05, 4.69) is 10.1 Å². The molecule has 1 rings (SSSR count). The van der Waals surface area contributed by atoms with Crippen molar-refractivity contribution in [3.63, 3.8) is 0 Å². The highest BCUT2D eigenvalue weighted by Gasteiger charge is 2.04. The minimum absolute atomic E-state index is 0.0734. The molecule has 1 aromatic rings. The van der Waals surface area contributed by atoms with Gasteiger partial charge in [0.25, 0.3) is 0 Å². The molecule has 0 atom stereocenters. The summed E-state index contributed by atoms with van der Waals surface area (Å²) in [4.78, 5) is 22.3. The molecule has 5 heteroatoms. The molecular weight excluding hydrogens is 232 g/mol. The lowest BCUT2D eigenvalue weighted by Crippen LogP contribution is -2.26. The number of hydrogen-bond donors (Lipinski definition) is 2. The highest BCUT2D eigenvalue weighted by molar-refractivity contribution is 5.77.